The lowest BCUT2D eigenvalue weighted by Gasteiger charge is -2.05. The standard InChI is InChI=1S/C12H11Cl2N3O3S/c1-20-12(18)11-15-7-17(16-11)4-5-21(19)10-6-8(13)2-3-9(10)14/h2-3,6-7H,4-5H2,1H3. The zero-order chi connectivity index (χ0) is 15.4. The van der Waals surface area contributed by atoms with Crippen molar-refractivity contribution >= 4 is 40.0 Å². The largest absolute Gasteiger partial charge is 0.463 e. The van der Waals surface area contributed by atoms with Crippen LogP contribution in [0, 0.1) is 0 Å². The molecule has 0 aliphatic carbocycles. The van der Waals surface area contributed by atoms with Gasteiger partial charge in [0.25, 0.3) is 5.82 Å². The van der Waals surface area contributed by atoms with Crippen molar-refractivity contribution in [1.82, 2.24) is 14.8 Å². The third-order valence-corrected chi connectivity index (χ3v) is 4.61. The minimum absolute atomic E-state index is 0.0379. The number of esters is 1. The molecule has 1 unspecified atom stereocenters. The van der Waals surface area contributed by atoms with E-state index in [9.17, 15) is 9.00 Å². The van der Waals surface area contributed by atoms with Crippen LogP contribution in [0.4, 0.5) is 0 Å². The molecule has 1 heterocycles. The van der Waals surface area contributed by atoms with Crippen molar-refractivity contribution in [1.29, 1.82) is 0 Å². The van der Waals surface area contributed by atoms with Gasteiger partial charge in [0.1, 0.15) is 6.33 Å². The van der Waals surface area contributed by atoms with Crippen molar-refractivity contribution < 1.29 is 13.7 Å². The van der Waals surface area contributed by atoms with E-state index in [4.69, 9.17) is 23.2 Å². The Kier molecular flexibility index (Phi) is 5.33. The third-order valence-electron chi connectivity index (χ3n) is 2.55. The molecule has 112 valence electrons. The molecular formula is C12H11Cl2N3O3S. The second-order valence-electron chi connectivity index (χ2n) is 3.95. The van der Waals surface area contributed by atoms with E-state index < -0.39 is 16.8 Å². The van der Waals surface area contributed by atoms with Crippen molar-refractivity contribution in [3.63, 3.8) is 0 Å². The fraction of sp³-hybridized carbons (Fsp3) is 0.250. The predicted molar refractivity (Wildman–Crippen MR) is 79.1 cm³/mol. The SMILES string of the molecule is COC(=O)c1ncn(CCS(=O)c2cc(Cl)ccc2Cl)n1. The number of halogens is 2. The molecule has 0 bridgehead atoms. The van der Waals surface area contributed by atoms with Gasteiger partial charge in [0.2, 0.25) is 0 Å². The van der Waals surface area contributed by atoms with Crippen molar-refractivity contribution in [3.8, 4) is 0 Å². The maximum atomic E-state index is 12.2. The molecule has 0 aliphatic rings. The minimum Gasteiger partial charge on any atom is -0.463 e. The first kappa shape index (κ1) is 15.9. The third kappa shape index (κ3) is 4.03. The van der Waals surface area contributed by atoms with Crippen LogP contribution in [0.1, 0.15) is 10.6 Å². The summed E-state index contributed by atoms with van der Waals surface area (Å²) < 4.78 is 18.1. The molecule has 0 N–H and O–H groups in total. The Bertz CT molecular complexity index is 690. The molecule has 6 nitrogen and oxygen atoms in total. The Morgan fingerprint density at radius 3 is 2.90 bits per heavy atom. The molecule has 21 heavy (non-hydrogen) atoms. The Morgan fingerprint density at radius 2 is 2.19 bits per heavy atom. The number of rotatable bonds is 5. The molecular weight excluding hydrogens is 337 g/mol. The average Bonchev–Trinajstić information content (AvgIpc) is 2.95. The van der Waals surface area contributed by atoms with E-state index in [1.165, 1.54) is 18.1 Å². The van der Waals surface area contributed by atoms with E-state index in [1.54, 1.807) is 18.2 Å². The summed E-state index contributed by atoms with van der Waals surface area (Å²) in [5.41, 5.74) is 0. The number of hydrogen-bond acceptors (Lipinski definition) is 5. The molecule has 2 rings (SSSR count). The quantitative estimate of drug-likeness (QED) is 0.775. The summed E-state index contributed by atoms with van der Waals surface area (Å²) in [5, 5.41) is 4.79. The number of ether oxygens (including phenoxy) is 1. The molecule has 0 saturated heterocycles. The van der Waals surface area contributed by atoms with Crippen LogP contribution in [-0.4, -0.2) is 37.8 Å². The average molecular weight is 348 g/mol. The fourth-order valence-corrected chi connectivity index (χ4v) is 3.25. The van der Waals surface area contributed by atoms with Crippen LogP contribution in [0.2, 0.25) is 10.0 Å². The smallest absolute Gasteiger partial charge is 0.377 e. The highest BCUT2D eigenvalue weighted by atomic mass is 35.5. The highest BCUT2D eigenvalue weighted by Gasteiger charge is 2.13. The van der Waals surface area contributed by atoms with Crippen LogP contribution < -0.4 is 0 Å². The highest BCUT2D eigenvalue weighted by Crippen LogP contribution is 2.23. The van der Waals surface area contributed by atoms with Crippen LogP contribution in [-0.2, 0) is 22.1 Å². The first-order valence-electron chi connectivity index (χ1n) is 5.82. The van der Waals surface area contributed by atoms with Gasteiger partial charge in [0.05, 0.1) is 34.4 Å². The molecule has 0 amide bonds. The van der Waals surface area contributed by atoms with Crippen LogP contribution in [0.3, 0.4) is 0 Å². The monoisotopic (exact) mass is 347 g/mol. The first-order chi connectivity index (χ1) is 10.0. The van der Waals surface area contributed by atoms with Crippen LogP contribution in [0.5, 0.6) is 0 Å². The zero-order valence-corrected chi connectivity index (χ0v) is 13.3. The molecule has 0 spiro atoms. The van der Waals surface area contributed by atoms with Gasteiger partial charge >= 0.3 is 5.97 Å². The van der Waals surface area contributed by atoms with Gasteiger partial charge in [-0.15, -0.1) is 5.10 Å². The lowest BCUT2D eigenvalue weighted by atomic mass is 10.4. The van der Waals surface area contributed by atoms with Gasteiger partial charge in [-0.25, -0.2) is 9.78 Å². The van der Waals surface area contributed by atoms with Crippen molar-refractivity contribution in [2.75, 3.05) is 12.9 Å². The molecule has 0 saturated carbocycles. The maximum absolute atomic E-state index is 12.2. The van der Waals surface area contributed by atoms with Gasteiger partial charge in [-0.05, 0) is 18.2 Å². The zero-order valence-electron chi connectivity index (χ0n) is 11.0. The van der Waals surface area contributed by atoms with Gasteiger partial charge in [0.15, 0.2) is 0 Å². The van der Waals surface area contributed by atoms with Gasteiger partial charge in [-0.3, -0.25) is 8.89 Å². The molecule has 1 aromatic carbocycles. The van der Waals surface area contributed by atoms with E-state index in [0.717, 1.165) is 0 Å². The lowest BCUT2D eigenvalue weighted by molar-refractivity contribution is 0.0586. The Balaban J connectivity index is 2.02. The van der Waals surface area contributed by atoms with Crippen LogP contribution in [0.25, 0.3) is 0 Å². The normalized spacial score (nSPS) is 12.1. The van der Waals surface area contributed by atoms with Crippen molar-refractivity contribution in [3.05, 3.63) is 40.4 Å². The van der Waals surface area contributed by atoms with E-state index in [0.29, 0.717) is 21.5 Å². The molecule has 2 aromatic rings. The molecule has 0 fully saturated rings. The second-order valence-corrected chi connectivity index (χ2v) is 6.33. The maximum Gasteiger partial charge on any atom is 0.377 e. The van der Waals surface area contributed by atoms with Gasteiger partial charge in [0, 0.05) is 10.8 Å². The Labute approximate surface area is 133 Å². The lowest BCUT2D eigenvalue weighted by Crippen LogP contribution is -2.10. The summed E-state index contributed by atoms with van der Waals surface area (Å²) in [4.78, 5) is 15.5. The van der Waals surface area contributed by atoms with E-state index in [2.05, 4.69) is 14.8 Å². The number of carbonyl (C=O) groups excluding carboxylic acids is 1. The van der Waals surface area contributed by atoms with E-state index >= 15 is 0 Å². The summed E-state index contributed by atoms with van der Waals surface area (Å²) in [5.74, 6) is -0.388. The predicted octanol–water partition coefficient (Wildman–Crippen LogP) is 2.18. The number of nitrogens with zero attached hydrogens (tertiary/aromatic N) is 3. The topological polar surface area (TPSA) is 74.1 Å². The van der Waals surface area contributed by atoms with Crippen LogP contribution in [0.15, 0.2) is 29.4 Å². The highest BCUT2D eigenvalue weighted by molar-refractivity contribution is 7.85. The number of carbonyl (C=O) groups is 1. The summed E-state index contributed by atoms with van der Waals surface area (Å²) in [7, 11) is -0.0809. The molecule has 1 atom stereocenters. The Morgan fingerprint density at radius 1 is 1.43 bits per heavy atom. The second kappa shape index (κ2) is 7.02. The number of hydrogen-bond donors (Lipinski definition) is 0. The number of aromatic nitrogens is 3. The molecule has 1 aromatic heterocycles. The van der Waals surface area contributed by atoms with Gasteiger partial charge in [-0.2, -0.15) is 0 Å². The summed E-state index contributed by atoms with van der Waals surface area (Å²) >= 11 is 11.8. The Hall–Kier alpha value is -1.44. The van der Waals surface area contributed by atoms with Crippen molar-refractivity contribution in [2.45, 2.75) is 11.4 Å². The number of benzene rings is 1. The minimum atomic E-state index is -1.33. The molecule has 9 heteroatoms. The van der Waals surface area contributed by atoms with Crippen LogP contribution >= 0.6 is 23.2 Å². The fourth-order valence-electron chi connectivity index (χ4n) is 1.53. The number of aryl methyl sites for hydroxylation is 1. The number of methoxy groups -OCH3 is 1. The van der Waals surface area contributed by atoms with Crippen molar-refractivity contribution in [2.24, 2.45) is 0 Å². The molecule has 0 aliphatic heterocycles. The van der Waals surface area contributed by atoms with E-state index in [1.807, 2.05) is 0 Å². The summed E-state index contributed by atoms with van der Waals surface area (Å²) in [6.07, 6.45) is 1.38. The summed E-state index contributed by atoms with van der Waals surface area (Å²) in [6, 6.07) is 4.80. The van der Waals surface area contributed by atoms with E-state index in [-0.39, 0.29) is 11.6 Å². The summed E-state index contributed by atoms with van der Waals surface area (Å²) in [6.45, 7) is 0.319. The first-order valence-corrected chi connectivity index (χ1v) is 7.90. The molecule has 0 radical (unpaired) electrons. The van der Waals surface area contributed by atoms with Gasteiger partial charge < -0.3 is 4.74 Å². The van der Waals surface area contributed by atoms with Gasteiger partial charge in [-0.1, -0.05) is 23.2 Å².